The van der Waals surface area contributed by atoms with Crippen molar-refractivity contribution in [1.82, 2.24) is 9.62 Å². The topological polar surface area (TPSA) is 58.6 Å². The monoisotopic (exact) mass is 306 g/mol. The summed E-state index contributed by atoms with van der Waals surface area (Å²) in [5, 5.41) is 3.54. The summed E-state index contributed by atoms with van der Waals surface area (Å²) in [5.74, 6) is 0. The molecule has 0 aliphatic carbocycles. The first-order valence-electron chi connectivity index (χ1n) is 7.77. The largest absolute Gasteiger partial charge is 0.378 e. The Morgan fingerprint density at radius 2 is 2.10 bits per heavy atom. The maximum absolute atomic E-state index is 11.5. The fourth-order valence-corrected chi connectivity index (χ4v) is 3.64. The molecule has 0 aromatic carbocycles. The van der Waals surface area contributed by atoms with E-state index in [2.05, 4.69) is 12.2 Å². The van der Waals surface area contributed by atoms with Crippen molar-refractivity contribution >= 4 is 10.0 Å². The summed E-state index contributed by atoms with van der Waals surface area (Å²) >= 11 is 0. The lowest BCUT2D eigenvalue weighted by Crippen LogP contribution is -2.40. The molecule has 1 N–H and O–H groups in total. The van der Waals surface area contributed by atoms with Gasteiger partial charge in [0.2, 0.25) is 10.0 Å². The summed E-state index contributed by atoms with van der Waals surface area (Å²) in [5.41, 5.74) is 0. The van der Waals surface area contributed by atoms with Gasteiger partial charge in [-0.3, -0.25) is 0 Å². The van der Waals surface area contributed by atoms with E-state index in [0.29, 0.717) is 25.2 Å². The molecule has 1 fully saturated rings. The van der Waals surface area contributed by atoms with Crippen LogP contribution in [-0.4, -0.2) is 57.4 Å². The third-order valence-electron chi connectivity index (χ3n) is 3.82. The Labute approximate surface area is 124 Å². The first kappa shape index (κ1) is 17.9. The summed E-state index contributed by atoms with van der Waals surface area (Å²) in [4.78, 5) is 0. The van der Waals surface area contributed by atoms with Crippen molar-refractivity contribution in [3.8, 4) is 0 Å². The van der Waals surface area contributed by atoms with Crippen LogP contribution in [-0.2, 0) is 14.8 Å². The average Bonchev–Trinajstić information content (AvgIpc) is 2.38. The molecule has 1 heterocycles. The summed E-state index contributed by atoms with van der Waals surface area (Å²) in [6.45, 7) is 6.92. The van der Waals surface area contributed by atoms with Gasteiger partial charge < -0.3 is 10.1 Å². The second kappa shape index (κ2) is 8.97. The van der Waals surface area contributed by atoms with E-state index in [1.54, 1.807) is 0 Å². The quantitative estimate of drug-likeness (QED) is 0.657. The van der Waals surface area contributed by atoms with Crippen molar-refractivity contribution < 1.29 is 13.2 Å². The highest BCUT2D eigenvalue weighted by Crippen LogP contribution is 2.17. The number of sulfonamides is 1. The molecule has 0 spiro atoms. The molecule has 2 unspecified atom stereocenters. The lowest BCUT2D eigenvalue weighted by atomic mass is 10.00. The number of ether oxygens (including phenoxy) is 1. The van der Waals surface area contributed by atoms with Gasteiger partial charge in [-0.05, 0) is 32.2 Å². The van der Waals surface area contributed by atoms with Crippen LogP contribution in [0.15, 0.2) is 0 Å². The minimum Gasteiger partial charge on any atom is -0.378 e. The molecule has 1 aliphatic heterocycles. The minimum atomic E-state index is -3.05. The van der Waals surface area contributed by atoms with E-state index in [1.807, 2.05) is 6.92 Å². The third kappa shape index (κ3) is 6.52. The van der Waals surface area contributed by atoms with Gasteiger partial charge >= 0.3 is 0 Å². The normalized spacial score (nSPS) is 24.2. The van der Waals surface area contributed by atoms with Crippen molar-refractivity contribution in [2.75, 3.05) is 32.5 Å². The molecule has 0 amide bonds. The zero-order valence-electron chi connectivity index (χ0n) is 13.1. The summed E-state index contributed by atoms with van der Waals surface area (Å²) < 4.78 is 30.2. The number of hydrogen-bond acceptors (Lipinski definition) is 4. The van der Waals surface area contributed by atoms with Gasteiger partial charge in [-0.2, -0.15) is 0 Å². The minimum absolute atomic E-state index is 0.398. The molecule has 0 radical (unpaired) electrons. The maximum atomic E-state index is 11.5. The standard InChI is InChI=1S/C14H30N2O3S/c1-4-7-14-12-13(8-11-19-14)15-9-6-10-16(5-2)20(3,17)18/h13-15H,4-12H2,1-3H3. The Balaban J connectivity index is 2.20. The highest BCUT2D eigenvalue weighted by molar-refractivity contribution is 7.88. The third-order valence-corrected chi connectivity index (χ3v) is 5.20. The average molecular weight is 306 g/mol. The summed E-state index contributed by atoms with van der Waals surface area (Å²) in [7, 11) is -3.05. The lowest BCUT2D eigenvalue weighted by Gasteiger charge is -2.30. The molecule has 1 aliphatic rings. The zero-order valence-corrected chi connectivity index (χ0v) is 13.9. The fraction of sp³-hybridized carbons (Fsp3) is 1.00. The van der Waals surface area contributed by atoms with Crippen molar-refractivity contribution in [2.45, 2.75) is 58.1 Å². The zero-order chi connectivity index (χ0) is 15.0. The molecule has 0 aromatic rings. The van der Waals surface area contributed by atoms with E-state index < -0.39 is 10.0 Å². The van der Waals surface area contributed by atoms with E-state index in [1.165, 1.54) is 10.6 Å². The van der Waals surface area contributed by atoms with Gasteiger partial charge in [-0.15, -0.1) is 0 Å². The molecule has 5 nitrogen and oxygen atoms in total. The van der Waals surface area contributed by atoms with E-state index in [-0.39, 0.29) is 0 Å². The molecule has 0 saturated carbocycles. The molecule has 1 saturated heterocycles. The van der Waals surface area contributed by atoms with Crippen molar-refractivity contribution in [1.29, 1.82) is 0 Å². The van der Waals surface area contributed by atoms with Crippen LogP contribution in [0.5, 0.6) is 0 Å². The number of rotatable bonds is 9. The molecule has 120 valence electrons. The second-order valence-corrected chi connectivity index (χ2v) is 7.55. The molecule has 20 heavy (non-hydrogen) atoms. The van der Waals surface area contributed by atoms with Gasteiger partial charge in [-0.1, -0.05) is 20.3 Å². The Morgan fingerprint density at radius 3 is 2.70 bits per heavy atom. The van der Waals surface area contributed by atoms with Crippen LogP contribution in [0.3, 0.4) is 0 Å². The molecule has 0 aromatic heterocycles. The molecule has 0 bridgehead atoms. The Hall–Kier alpha value is -0.170. The van der Waals surface area contributed by atoms with Crippen molar-refractivity contribution in [3.05, 3.63) is 0 Å². The van der Waals surface area contributed by atoms with Crippen molar-refractivity contribution in [2.24, 2.45) is 0 Å². The second-order valence-electron chi connectivity index (χ2n) is 5.57. The number of nitrogens with zero attached hydrogens (tertiary/aromatic N) is 1. The van der Waals surface area contributed by atoms with Crippen LogP contribution >= 0.6 is 0 Å². The fourth-order valence-electron chi connectivity index (χ4n) is 2.71. The van der Waals surface area contributed by atoms with E-state index in [4.69, 9.17) is 4.74 Å². The van der Waals surface area contributed by atoms with Crippen LogP contribution in [0.1, 0.15) is 46.0 Å². The summed E-state index contributed by atoms with van der Waals surface area (Å²) in [6.07, 6.45) is 6.97. The smallest absolute Gasteiger partial charge is 0.211 e. The van der Waals surface area contributed by atoms with Gasteiger partial charge in [0.1, 0.15) is 0 Å². The molecule has 2 atom stereocenters. The van der Waals surface area contributed by atoms with Crippen LogP contribution < -0.4 is 5.32 Å². The Bertz CT molecular complexity index is 357. The Morgan fingerprint density at radius 1 is 1.35 bits per heavy atom. The molecular formula is C14H30N2O3S. The van der Waals surface area contributed by atoms with Gasteiger partial charge in [-0.25, -0.2) is 12.7 Å². The van der Waals surface area contributed by atoms with E-state index in [9.17, 15) is 8.42 Å². The van der Waals surface area contributed by atoms with E-state index in [0.717, 1.165) is 45.3 Å². The predicted octanol–water partition coefficient (Wildman–Crippen LogP) is 1.60. The van der Waals surface area contributed by atoms with Crippen LogP contribution in [0.2, 0.25) is 0 Å². The maximum Gasteiger partial charge on any atom is 0.211 e. The van der Waals surface area contributed by atoms with Crippen LogP contribution in [0.25, 0.3) is 0 Å². The molecular weight excluding hydrogens is 276 g/mol. The first-order valence-corrected chi connectivity index (χ1v) is 9.62. The Kier molecular flexibility index (Phi) is 8.02. The van der Waals surface area contributed by atoms with Gasteiger partial charge in [0.25, 0.3) is 0 Å². The molecule has 1 rings (SSSR count). The van der Waals surface area contributed by atoms with Gasteiger partial charge in [0, 0.05) is 25.7 Å². The molecule has 6 heteroatoms. The van der Waals surface area contributed by atoms with E-state index >= 15 is 0 Å². The summed E-state index contributed by atoms with van der Waals surface area (Å²) in [6, 6.07) is 0.522. The van der Waals surface area contributed by atoms with Crippen molar-refractivity contribution in [3.63, 3.8) is 0 Å². The highest BCUT2D eigenvalue weighted by atomic mass is 32.2. The SMILES string of the molecule is CCCC1CC(NCCCN(CC)S(C)(=O)=O)CCO1. The van der Waals surface area contributed by atoms with Crippen LogP contribution in [0.4, 0.5) is 0 Å². The number of hydrogen-bond donors (Lipinski definition) is 1. The number of nitrogens with one attached hydrogen (secondary N) is 1. The predicted molar refractivity (Wildman–Crippen MR) is 82.4 cm³/mol. The van der Waals surface area contributed by atoms with Gasteiger partial charge in [0.05, 0.1) is 12.4 Å². The highest BCUT2D eigenvalue weighted by Gasteiger charge is 2.21. The first-order chi connectivity index (χ1) is 9.47. The van der Waals surface area contributed by atoms with Crippen LogP contribution in [0, 0.1) is 0 Å². The lowest BCUT2D eigenvalue weighted by molar-refractivity contribution is -0.00312. The van der Waals surface area contributed by atoms with Gasteiger partial charge in [0.15, 0.2) is 0 Å².